The van der Waals surface area contributed by atoms with E-state index in [1.165, 1.54) is 29.3 Å². The Morgan fingerprint density at radius 2 is 1.82 bits per heavy atom. The molecule has 1 fully saturated rings. The molecule has 0 amide bonds. The quantitative estimate of drug-likeness (QED) is 0.387. The van der Waals surface area contributed by atoms with E-state index < -0.39 is 8.07 Å². The fraction of sp³-hybridized carbons (Fsp3) is 0.278. The van der Waals surface area contributed by atoms with Gasteiger partial charge in [0.25, 0.3) is 0 Å². The first-order valence-corrected chi connectivity index (χ1v) is 10.1. The van der Waals surface area contributed by atoms with Gasteiger partial charge >= 0.3 is 26.2 Å². The van der Waals surface area contributed by atoms with Gasteiger partial charge in [-0.15, -0.1) is 40.6 Å². The van der Waals surface area contributed by atoms with Gasteiger partial charge in [0, 0.05) is 8.07 Å². The van der Waals surface area contributed by atoms with Crippen molar-refractivity contribution in [1.29, 1.82) is 0 Å². The maximum Gasteiger partial charge on any atom is 4.00 e. The van der Waals surface area contributed by atoms with E-state index in [1.54, 1.807) is 5.19 Å². The molecule has 0 nitrogen and oxygen atoms in total. The summed E-state index contributed by atoms with van der Waals surface area (Å²) in [5.74, 6) is 0. The molecule has 1 aliphatic carbocycles. The second-order valence-electron chi connectivity index (χ2n) is 5.75. The Hall–Kier alpha value is -0.01000. The molecule has 2 aromatic carbocycles. The summed E-state index contributed by atoms with van der Waals surface area (Å²) in [6, 6.07) is 16.5. The number of fused-ring (bicyclic) bond motifs is 1. The zero-order valence-electron chi connectivity index (χ0n) is 12.8. The third-order valence-corrected chi connectivity index (χ3v) is 9.02. The minimum Gasteiger partial charge on any atom is -1.00 e. The van der Waals surface area contributed by atoms with Crippen molar-refractivity contribution in [2.75, 3.05) is 0 Å². The Balaban J connectivity index is 0.000000482. The summed E-state index contributed by atoms with van der Waals surface area (Å²) in [4.78, 5) is 0. The number of allylic oxidation sites excluding steroid dienone is 4. The molecule has 1 heterocycles. The van der Waals surface area contributed by atoms with Gasteiger partial charge in [0.05, 0.1) is 0 Å². The summed E-state index contributed by atoms with van der Waals surface area (Å²) in [5, 5.41) is 4.67. The standard InChI is InChI=1S/C13H15Si.C5H5.2ClH.Zr/c1-14(9-4-10-14)13-8-7-11-5-2-3-6-12(11)13;1-2-4-5-3-1;;;/h2-3,5-8H,4,9-10H2,1H3;1-3H,4H2;2*1H;/q2*-1;;;+4/p-2. The largest absolute Gasteiger partial charge is 4.00 e. The Labute approximate surface area is 166 Å². The molecule has 1 aliphatic heterocycles. The molecule has 1 saturated heterocycles. The number of benzene rings is 1. The van der Waals surface area contributed by atoms with Crippen LogP contribution in [0, 0.1) is 6.08 Å². The van der Waals surface area contributed by atoms with Crippen molar-refractivity contribution >= 4 is 24.0 Å². The fourth-order valence-electron chi connectivity index (χ4n) is 2.99. The summed E-state index contributed by atoms with van der Waals surface area (Å²) in [6.07, 6.45) is 11.5. The number of halogens is 2. The number of hydrogen-bond acceptors (Lipinski definition) is 0. The van der Waals surface area contributed by atoms with Crippen LogP contribution in [0.2, 0.25) is 18.6 Å². The molecule has 4 heteroatoms. The second-order valence-corrected chi connectivity index (χ2v) is 10.4. The van der Waals surface area contributed by atoms with E-state index >= 15 is 0 Å². The van der Waals surface area contributed by atoms with Crippen LogP contribution >= 0.6 is 0 Å². The Morgan fingerprint density at radius 1 is 1.09 bits per heavy atom. The summed E-state index contributed by atoms with van der Waals surface area (Å²) in [6.45, 7) is 2.54. The van der Waals surface area contributed by atoms with Crippen LogP contribution in [0.4, 0.5) is 0 Å². The first kappa shape index (κ1) is 22.0. The van der Waals surface area contributed by atoms with Gasteiger partial charge in [0.15, 0.2) is 0 Å². The third-order valence-electron chi connectivity index (χ3n) is 4.37. The third kappa shape index (κ3) is 4.74. The van der Waals surface area contributed by atoms with Crippen molar-refractivity contribution in [3.05, 3.63) is 60.7 Å². The van der Waals surface area contributed by atoms with Gasteiger partial charge < -0.3 is 24.8 Å². The van der Waals surface area contributed by atoms with Crippen molar-refractivity contribution in [1.82, 2.24) is 0 Å². The maximum atomic E-state index is 2.99. The molecule has 2 aliphatic rings. The van der Waals surface area contributed by atoms with Gasteiger partial charge in [-0.25, -0.2) is 12.2 Å². The van der Waals surface area contributed by atoms with Gasteiger partial charge in [-0.1, -0.05) is 31.1 Å². The predicted octanol–water partition coefficient (Wildman–Crippen LogP) is -1.44. The van der Waals surface area contributed by atoms with Crippen LogP contribution in [-0.4, -0.2) is 8.07 Å². The van der Waals surface area contributed by atoms with Gasteiger partial charge in [-0.05, 0) is 0 Å². The summed E-state index contributed by atoms with van der Waals surface area (Å²) >= 11 is 0. The van der Waals surface area contributed by atoms with Crippen LogP contribution in [0.25, 0.3) is 10.8 Å². The van der Waals surface area contributed by atoms with Crippen LogP contribution in [0.3, 0.4) is 0 Å². The topological polar surface area (TPSA) is 0 Å². The molecule has 0 saturated carbocycles. The average molecular weight is 427 g/mol. The molecular weight excluding hydrogens is 406 g/mol. The minimum absolute atomic E-state index is 0. The van der Waals surface area contributed by atoms with Crippen LogP contribution in [-0.2, 0) is 26.2 Å². The molecule has 0 aromatic heterocycles. The maximum absolute atomic E-state index is 2.99. The van der Waals surface area contributed by atoms with E-state index in [2.05, 4.69) is 55.1 Å². The van der Waals surface area contributed by atoms with E-state index in [9.17, 15) is 0 Å². The van der Waals surface area contributed by atoms with Gasteiger partial charge in [0.2, 0.25) is 0 Å². The molecule has 114 valence electrons. The summed E-state index contributed by atoms with van der Waals surface area (Å²) < 4.78 is 0. The molecular formula is C18H20Cl2SiZr. The monoisotopic (exact) mass is 424 g/mol. The number of hydrogen-bond donors (Lipinski definition) is 0. The zero-order valence-corrected chi connectivity index (χ0v) is 17.8. The normalized spacial score (nSPS) is 16.4. The summed E-state index contributed by atoms with van der Waals surface area (Å²) in [7, 11) is -0.985. The van der Waals surface area contributed by atoms with Gasteiger partial charge in [-0.2, -0.15) is 18.2 Å². The minimum atomic E-state index is -0.985. The van der Waals surface area contributed by atoms with Crippen molar-refractivity contribution < 1.29 is 51.0 Å². The van der Waals surface area contributed by atoms with Crippen molar-refractivity contribution in [2.45, 2.75) is 31.5 Å². The smallest absolute Gasteiger partial charge is 1.00 e. The zero-order chi connectivity index (χ0) is 13.1. The van der Waals surface area contributed by atoms with Crippen LogP contribution < -0.4 is 30.0 Å². The molecule has 0 spiro atoms. The predicted molar refractivity (Wildman–Crippen MR) is 86.6 cm³/mol. The van der Waals surface area contributed by atoms with Gasteiger partial charge in [-0.3, -0.25) is 6.08 Å². The molecule has 0 N–H and O–H groups in total. The van der Waals surface area contributed by atoms with E-state index in [1.807, 2.05) is 12.2 Å². The van der Waals surface area contributed by atoms with Crippen molar-refractivity contribution in [3.8, 4) is 0 Å². The van der Waals surface area contributed by atoms with E-state index in [-0.39, 0.29) is 51.0 Å². The van der Waals surface area contributed by atoms with Crippen molar-refractivity contribution in [2.24, 2.45) is 0 Å². The van der Waals surface area contributed by atoms with Crippen molar-refractivity contribution in [3.63, 3.8) is 0 Å². The van der Waals surface area contributed by atoms with Crippen LogP contribution in [0.15, 0.2) is 54.6 Å². The van der Waals surface area contributed by atoms with Gasteiger partial charge in [0.1, 0.15) is 0 Å². The first-order chi connectivity index (χ1) is 9.30. The van der Waals surface area contributed by atoms with Crippen LogP contribution in [0.5, 0.6) is 0 Å². The Bertz CT molecular complexity index is 617. The Kier molecular flexibility index (Phi) is 9.98. The molecule has 0 unspecified atom stereocenters. The molecule has 22 heavy (non-hydrogen) atoms. The van der Waals surface area contributed by atoms with Crippen LogP contribution in [0.1, 0.15) is 12.8 Å². The first-order valence-electron chi connectivity index (χ1n) is 7.16. The average Bonchev–Trinajstić information content (AvgIpc) is 3.08. The molecule has 4 rings (SSSR count). The fourth-order valence-corrected chi connectivity index (χ4v) is 6.31. The van der Waals surface area contributed by atoms with E-state index in [4.69, 9.17) is 0 Å². The molecule has 0 radical (unpaired) electrons. The summed E-state index contributed by atoms with van der Waals surface area (Å²) in [5.41, 5.74) is 0. The van der Waals surface area contributed by atoms with E-state index in [0.717, 1.165) is 6.42 Å². The Morgan fingerprint density at radius 3 is 2.32 bits per heavy atom. The second kappa shape index (κ2) is 9.98. The molecule has 0 atom stereocenters. The van der Waals surface area contributed by atoms with E-state index in [0.29, 0.717) is 0 Å². The number of rotatable bonds is 1. The SMILES string of the molecule is C[Si]1([c-]2ccc3ccccc32)CCC1.[C-]1=CC=CC1.[Cl-].[Cl-].[Zr+4]. The molecule has 2 aromatic rings. The molecule has 0 bridgehead atoms.